The lowest BCUT2D eigenvalue weighted by Crippen LogP contribution is -2.29. The third kappa shape index (κ3) is 3.18. The molecule has 1 aliphatic rings. The summed E-state index contributed by atoms with van der Waals surface area (Å²) in [5.74, 6) is 1.05. The first kappa shape index (κ1) is 13.2. The zero-order valence-electron chi connectivity index (χ0n) is 10.3. The van der Waals surface area contributed by atoms with E-state index in [-0.39, 0.29) is 0 Å². The van der Waals surface area contributed by atoms with Crippen LogP contribution >= 0.6 is 27.3 Å². The number of ketones is 1. The number of rotatable bonds is 3. The Balaban J connectivity index is 2.15. The van der Waals surface area contributed by atoms with Gasteiger partial charge in [0, 0.05) is 33.6 Å². The summed E-state index contributed by atoms with van der Waals surface area (Å²) in [7, 11) is 4.27. The highest BCUT2D eigenvalue weighted by Crippen LogP contribution is 2.39. The molecule has 1 aromatic rings. The minimum absolute atomic E-state index is 0.436. The van der Waals surface area contributed by atoms with E-state index in [0.29, 0.717) is 17.7 Å². The highest BCUT2D eigenvalue weighted by Gasteiger charge is 2.29. The molecule has 94 valence electrons. The maximum Gasteiger partial charge on any atom is 0.132 e. The molecule has 1 atom stereocenters. The van der Waals surface area contributed by atoms with Crippen LogP contribution in [0.25, 0.3) is 0 Å². The fourth-order valence-electron chi connectivity index (χ4n) is 2.67. The standard InChI is InChI=1S/C13H18BrNOS/c1-15(2)13(12-7-10(14)8-17-12)9-3-5-11(16)6-4-9/h7-9,13H,3-6H2,1-2H3. The highest BCUT2D eigenvalue weighted by molar-refractivity contribution is 9.10. The number of halogens is 1. The number of Topliss-reactive ketones (excluding diaryl/α,β-unsaturated/α-hetero) is 1. The van der Waals surface area contributed by atoms with Gasteiger partial charge in [0.15, 0.2) is 0 Å². The minimum Gasteiger partial charge on any atom is -0.301 e. The molecule has 0 N–H and O–H groups in total. The number of carbonyl (C=O) groups is 1. The molecule has 0 amide bonds. The van der Waals surface area contributed by atoms with Crippen molar-refractivity contribution >= 4 is 33.0 Å². The van der Waals surface area contributed by atoms with Crippen molar-refractivity contribution in [2.24, 2.45) is 5.92 Å². The average molecular weight is 316 g/mol. The summed E-state index contributed by atoms with van der Waals surface area (Å²) in [6.45, 7) is 0. The van der Waals surface area contributed by atoms with Crippen molar-refractivity contribution in [1.29, 1.82) is 0 Å². The van der Waals surface area contributed by atoms with Crippen LogP contribution in [0.15, 0.2) is 15.9 Å². The van der Waals surface area contributed by atoms with E-state index >= 15 is 0 Å². The fraction of sp³-hybridized carbons (Fsp3) is 0.615. The van der Waals surface area contributed by atoms with Gasteiger partial charge in [-0.05, 0) is 54.9 Å². The zero-order valence-corrected chi connectivity index (χ0v) is 12.7. The molecule has 0 spiro atoms. The van der Waals surface area contributed by atoms with Crippen LogP contribution in [0.4, 0.5) is 0 Å². The van der Waals surface area contributed by atoms with E-state index in [1.54, 1.807) is 11.3 Å². The monoisotopic (exact) mass is 315 g/mol. The molecule has 17 heavy (non-hydrogen) atoms. The van der Waals surface area contributed by atoms with Crippen LogP contribution in [0, 0.1) is 5.92 Å². The predicted octanol–water partition coefficient (Wildman–Crippen LogP) is 3.87. The Bertz CT molecular complexity index is 392. The van der Waals surface area contributed by atoms with Gasteiger partial charge in [-0.15, -0.1) is 11.3 Å². The second kappa shape index (κ2) is 5.63. The van der Waals surface area contributed by atoms with E-state index in [4.69, 9.17) is 0 Å². The van der Waals surface area contributed by atoms with E-state index < -0.39 is 0 Å². The van der Waals surface area contributed by atoms with Crippen LogP contribution in [-0.2, 0) is 4.79 Å². The largest absolute Gasteiger partial charge is 0.301 e. The van der Waals surface area contributed by atoms with Gasteiger partial charge in [0.2, 0.25) is 0 Å². The van der Waals surface area contributed by atoms with Crippen molar-refractivity contribution < 1.29 is 4.79 Å². The summed E-state index contributed by atoms with van der Waals surface area (Å²) >= 11 is 5.33. The van der Waals surface area contributed by atoms with Gasteiger partial charge in [0.1, 0.15) is 5.78 Å². The molecule has 1 fully saturated rings. The zero-order chi connectivity index (χ0) is 12.4. The van der Waals surface area contributed by atoms with E-state index in [2.05, 4.69) is 46.4 Å². The molecule has 0 radical (unpaired) electrons. The first-order valence-electron chi connectivity index (χ1n) is 6.00. The normalized spacial score (nSPS) is 19.9. The molecule has 1 unspecified atom stereocenters. The quantitative estimate of drug-likeness (QED) is 0.843. The Labute approximate surface area is 115 Å². The molecule has 0 saturated heterocycles. The van der Waals surface area contributed by atoms with Crippen molar-refractivity contribution in [2.75, 3.05) is 14.1 Å². The van der Waals surface area contributed by atoms with Crippen molar-refractivity contribution in [3.63, 3.8) is 0 Å². The van der Waals surface area contributed by atoms with Crippen LogP contribution in [0.1, 0.15) is 36.6 Å². The number of carbonyl (C=O) groups excluding carboxylic acids is 1. The molecule has 1 aliphatic carbocycles. The number of hydrogen-bond donors (Lipinski definition) is 0. The van der Waals surface area contributed by atoms with Crippen molar-refractivity contribution in [3.8, 4) is 0 Å². The predicted molar refractivity (Wildman–Crippen MR) is 75.4 cm³/mol. The van der Waals surface area contributed by atoms with E-state index in [0.717, 1.165) is 30.2 Å². The van der Waals surface area contributed by atoms with Crippen LogP contribution in [0.3, 0.4) is 0 Å². The molecular formula is C13H18BrNOS. The summed E-state index contributed by atoms with van der Waals surface area (Å²) in [6.07, 6.45) is 3.61. The summed E-state index contributed by atoms with van der Waals surface area (Å²) in [6, 6.07) is 2.67. The average Bonchev–Trinajstić information content (AvgIpc) is 2.68. The van der Waals surface area contributed by atoms with E-state index in [9.17, 15) is 4.79 Å². The van der Waals surface area contributed by atoms with Crippen molar-refractivity contribution in [2.45, 2.75) is 31.7 Å². The van der Waals surface area contributed by atoms with Gasteiger partial charge in [-0.25, -0.2) is 0 Å². The molecule has 1 saturated carbocycles. The molecule has 2 rings (SSSR count). The Morgan fingerprint density at radius 2 is 2.06 bits per heavy atom. The lowest BCUT2D eigenvalue weighted by atomic mass is 9.82. The second-order valence-electron chi connectivity index (χ2n) is 4.95. The topological polar surface area (TPSA) is 20.3 Å². The SMILES string of the molecule is CN(C)C(c1cc(Br)cs1)C1CCC(=O)CC1. The van der Waals surface area contributed by atoms with Crippen LogP contribution in [0.5, 0.6) is 0 Å². The fourth-order valence-corrected chi connectivity index (χ4v) is 4.40. The van der Waals surface area contributed by atoms with Crippen LogP contribution < -0.4 is 0 Å². The lowest BCUT2D eigenvalue weighted by Gasteiger charge is -2.33. The Hall–Kier alpha value is -0.190. The molecule has 2 nitrogen and oxygen atoms in total. The lowest BCUT2D eigenvalue weighted by molar-refractivity contribution is -0.121. The van der Waals surface area contributed by atoms with Crippen LogP contribution in [0.2, 0.25) is 0 Å². The van der Waals surface area contributed by atoms with E-state index in [1.807, 2.05) is 0 Å². The third-order valence-corrected chi connectivity index (χ3v) is 5.23. The van der Waals surface area contributed by atoms with Gasteiger partial charge in [-0.3, -0.25) is 4.79 Å². The number of hydrogen-bond acceptors (Lipinski definition) is 3. The summed E-state index contributed by atoms with van der Waals surface area (Å²) in [4.78, 5) is 15.0. The smallest absolute Gasteiger partial charge is 0.132 e. The molecule has 1 heterocycles. The van der Waals surface area contributed by atoms with Gasteiger partial charge >= 0.3 is 0 Å². The minimum atomic E-state index is 0.436. The molecule has 0 aliphatic heterocycles. The van der Waals surface area contributed by atoms with Gasteiger partial charge in [0.25, 0.3) is 0 Å². The molecule has 0 bridgehead atoms. The maximum atomic E-state index is 11.3. The molecular weight excluding hydrogens is 298 g/mol. The summed E-state index contributed by atoms with van der Waals surface area (Å²) in [5.41, 5.74) is 0. The van der Waals surface area contributed by atoms with Crippen molar-refractivity contribution in [3.05, 3.63) is 20.8 Å². The summed E-state index contributed by atoms with van der Waals surface area (Å²) in [5, 5.41) is 2.14. The van der Waals surface area contributed by atoms with Gasteiger partial charge in [-0.2, -0.15) is 0 Å². The molecule has 1 aromatic heterocycles. The third-order valence-electron chi connectivity index (χ3n) is 3.47. The van der Waals surface area contributed by atoms with Gasteiger partial charge in [-0.1, -0.05) is 0 Å². The molecule has 0 aromatic carbocycles. The Morgan fingerprint density at radius 1 is 1.41 bits per heavy atom. The van der Waals surface area contributed by atoms with E-state index in [1.165, 1.54) is 4.88 Å². The van der Waals surface area contributed by atoms with Gasteiger partial charge in [0.05, 0.1) is 0 Å². The van der Waals surface area contributed by atoms with Crippen molar-refractivity contribution in [1.82, 2.24) is 4.90 Å². The van der Waals surface area contributed by atoms with Crippen LogP contribution in [-0.4, -0.2) is 24.8 Å². The second-order valence-corrected chi connectivity index (χ2v) is 6.81. The molecule has 4 heteroatoms. The number of nitrogens with zero attached hydrogens (tertiary/aromatic N) is 1. The van der Waals surface area contributed by atoms with Gasteiger partial charge < -0.3 is 4.90 Å². The Morgan fingerprint density at radius 3 is 2.53 bits per heavy atom. The first-order valence-corrected chi connectivity index (χ1v) is 7.67. The Kier molecular flexibility index (Phi) is 4.39. The maximum absolute atomic E-state index is 11.3. The summed E-state index contributed by atoms with van der Waals surface area (Å²) < 4.78 is 1.16. The number of thiophene rings is 1. The highest BCUT2D eigenvalue weighted by atomic mass is 79.9. The first-order chi connectivity index (χ1) is 8.08.